The zero-order valence-corrected chi connectivity index (χ0v) is 35.1. The third kappa shape index (κ3) is 6.90. The summed E-state index contributed by atoms with van der Waals surface area (Å²) in [6, 6.07) is 0. The van der Waals surface area contributed by atoms with Gasteiger partial charge in [-0.3, -0.25) is 0 Å². The molecule has 34 heteroatoms. The second-order valence-electron chi connectivity index (χ2n) is 15.3. The Morgan fingerprint density at radius 1 is 0.192 bits per heavy atom. The Balaban J connectivity index is 1.92. The van der Waals surface area contributed by atoms with Crippen molar-refractivity contribution in [3.05, 3.63) is 168 Å². The van der Waals surface area contributed by atoms with Crippen LogP contribution in [-0.4, -0.2) is 19.3 Å². The summed E-state index contributed by atoms with van der Waals surface area (Å²) in [6.07, 6.45) is 0. The first kappa shape index (κ1) is 54.2. The van der Waals surface area contributed by atoms with E-state index in [2.05, 4.69) is 9.97 Å². The van der Waals surface area contributed by atoms with Crippen LogP contribution in [0, 0.1) is 145 Å². The minimum atomic E-state index is -3.85. The first-order chi connectivity index (χ1) is 36.3. The Labute approximate surface area is 403 Å². The van der Waals surface area contributed by atoms with E-state index in [4.69, 9.17) is 0 Å². The highest BCUT2D eigenvalue weighted by Gasteiger charge is 2.44. The summed E-state index contributed by atoms with van der Waals surface area (Å²) >= 11 is 0. The number of fused-ring (bicyclic) bond motifs is 8. The van der Waals surface area contributed by atoms with Gasteiger partial charge in [0.1, 0.15) is 28.5 Å². The number of hydrogen-bond donors (Lipinski definition) is 0. The fraction of sp³-hybridized carbons (Fsp3) is 0. The van der Waals surface area contributed by atoms with Crippen LogP contribution in [0.2, 0.25) is 0 Å². The molecule has 0 fully saturated rings. The van der Waals surface area contributed by atoms with Crippen LogP contribution in [0.4, 0.5) is 132 Å². The highest BCUT2D eigenvalue weighted by Crippen LogP contribution is 2.55. The number of aromatic nitrogens is 4. The number of hydrogen-bond acceptors (Lipinski definition) is 2. The van der Waals surface area contributed by atoms with E-state index in [-0.39, 0.29) is 0 Å². The highest BCUT2D eigenvalue weighted by atomic mass is 19.2. The second kappa shape index (κ2) is 18.0. The van der Waals surface area contributed by atoms with E-state index in [0.29, 0.717) is 0 Å². The molecule has 0 spiro atoms. The maximum atomic E-state index is 18.0. The van der Waals surface area contributed by atoms with E-state index in [1.807, 2.05) is 0 Å². The quantitative estimate of drug-likeness (QED) is 0.100. The number of halogens is 30. The fourth-order valence-electron chi connectivity index (χ4n) is 7.97. The average molecular weight is 1150 g/mol. The highest BCUT2D eigenvalue weighted by molar-refractivity contribution is 6.12. The molecular formula is C44F30N4. The summed E-state index contributed by atoms with van der Waals surface area (Å²) in [5, 5.41) is 0. The van der Waals surface area contributed by atoms with Gasteiger partial charge >= 0.3 is 0 Å². The van der Waals surface area contributed by atoms with Crippen molar-refractivity contribution < 1.29 is 132 Å². The summed E-state index contributed by atoms with van der Waals surface area (Å²) in [6.45, 7) is 0. The molecule has 5 heterocycles. The normalized spacial score (nSPS) is 12.9. The summed E-state index contributed by atoms with van der Waals surface area (Å²) in [5.74, 6) is -104. The fourth-order valence-corrected chi connectivity index (χ4v) is 7.97. The minimum absolute atomic E-state index is 1.93. The van der Waals surface area contributed by atoms with Crippen molar-refractivity contribution in [1.82, 2.24) is 19.3 Å². The second-order valence-corrected chi connectivity index (χ2v) is 15.3. The van der Waals surface area contributed by atoms with Gasteiger partial charge in [0.05, 0.1) is 27.7 Å². The maximum absolute atomic E-state index is 18.0. The third-order valence-electron chi connectivity index (χ3n) is 11.3. The van der Waals surface area contributed by atoms with Gasteiger partial charge in [0, 0.05) is 16.7 Å². The zero-order chi connectivity index (χ0) is 58.0. The molecular weight excluding hydrogens is 1150 g/mol. The Morgan fingerprint density at radius 2 is 0.423 bits per heavy atom. The smallest absolute Gasteiger partial charge is 0.200 e. The molecule has 3 aromatic heterocycles. The Kier molecular flexibility index (Phi) is 12.5. The Morgan fingerprint density at radius 3 is 0.744 bits per heavy atom. The molecule has 4 nitrogen and oxygen atoms in total. The minimum Gasteiger partial charge on any atom is -0.300 e. The zero-order valence-electron chi connectivity index (χ0n) is 35.1. The van der Waals surface area contributed by atoms with Crippen molar-refractivity contribution in [1.29, 1.82) is 0 Å². The van der Waals surface area contributed by atoms with Gasteiger partial charge in [0.15, 0.2) is 157 Å². The monoisotopic (exact) mass is 1150 g/mol. The SMILES string of the molecule is FC1=C(F)c2nc1c(F)c1c(F)c(F)c(c(F)c3nc(c(-c4c(F)c(F)c(F)c(F)c4F)c4c(-c5c(F)c(F)c(F)c(F)c5F)c(-c5c(F)c(F)c(F)c(F)c5F)c(c2F)n4-c2c(F)c(F)c(F)c(F)c2F)C(F)=C3F)n1F. The molecule has 0 N–H and O–H groups in total. The van der Waals surface area contributed by atoms with Crippen molar-refractivity contribution in [2.75, 3.05) is 0 Å². The van der Waals surface area contributed by atoms with Crippen LogP contribution in [0.25, 0.3) is 84.4 Å². The molecule has 0 atom stereocenters. The summed E-state index contributed by atoms with van der Waals surface area (Å²) in [5.41, 5.74) is -50.0. The first-order valence-electron chi connectivity index (χ1n) is 19.4. The largest absolute Gasteiger partial charge is 0.300 e. The summed E-state index contributed by atoms with van der Waals surface area (Å²) in [7, 11) is 0. The van der Waals surface area contributed by atoms with Crippen molar-refractivity contribution in [3.63, 3.8) is 0 Å². The van der Waals surface area contributed by atoms with Gasteiger partial charge < -0.3 is 4.57 Å². The molecule has 0 amide bonds. The van der Waals surface area contributed by atoms with E-state index in [9.17, 15) is 17.6 Å². The topological polar surface area (TPSA) is 35.6 Å². The third-order valence-corrected chi connectivity index (χ3v) is 11.3. The van der Waals surface area contributed by atoms with Gasteiger partial charge in [-0.25, -0.2) is 137 Å². The van der Waals surface area contributed by atoms with E-state index < -0.39 is 262 Å². The predicted molar refractivity (Wildman–Crippen MR) is 199 cm³/mol. The first-order valence-corrected chi connectivity index (χ1v) is 19.4. The van der Waals surface area contributed by atoms with E-state index in [1.165, 1.54) is 0 Å². The summed E-state index contributed by atoms with van der Waals surface area (Å²) < 4.78 is 475. The summed E-state index contributed by atoms with van der Waals surface area (Å²) in [4.78, 5) is 2.94. The molecule has 4 aromatic carbocycles. The predicted octanol–water partition coefficient (Wildman–Crippen LogP) is 16.0. The van der Waals surface area contributed by atoms with Crippen molar-refractivity contribution in [3.8, 4) is 39.1 Å². The number of nitrogens with zero attached hydrogens (tertiary/aromatic N) is 4. The van der Waals surface area contributed by atoms with Gasteiger partial charge in [-0.05, 0) is 0 Å². The lowest BCUT2D eigenvalue weighted by Gasteiger charge is -2.17. The van der Waals surface area contributed by atoms with Gasteiger partial charge in [-0.15, -0.1) is 0 Å². The lowest BCUT2D eigenvalue weighted by molar-refractivity contribution is 0.376. The maximum Gasteiger partial charge on any atom is 0.200 e. The van der Waals surface area contributed by atoms with E-state index in [1.54, 1.807) is 0 Å². The number of rotatable bonds is 4. The van der Waals surface area contributed by atoms with Crippen molar-refractivity contribution in [2.45, 2.75) is 0 Å². The molecule has 406 valence electrons. The molecule has 0 saturated heterocycles. The lowest BCUT2D eigenvalue weighted by Crippen LogP contribution is -2.12. The van der Waals surface area contributed by atoms with Crippen LogP contribution in [0.5, 0.6) is 0 Å². The standard InChI is InChI=1S/C44F30N4/c45-7-3(8(46)14(52)19(57)13(7)51)1-2(4-9(47)15(53)20(58)16(54)10(4)48)41-33(71)37-27(65)28(66)39(76-37)35(73)44-32(70)31(69)43(78(44)74)34(72)38-26(64)25(63)36(75-38)6(5-11(49)17(55)21(59)18(56)12(5)50)40(1)77(41)42-29(67)23(61)22(60)24(62)30(42)68. The van der Waals surface area contributed by atoms with Crippen LogP contribution in [0.3, 0.4) is 0 Å². The molecule has 0 unspecified atom stereocenters. The van der Waals surface area contributed by atoms with Gasteiger partial charge in [-0.2, -0.15) is 4.79 Å². The van der Waals surface area contributed by atoms with Crippen molar-refractivity contribution in [2.24, 2.45) is 0 Å². The van der Waals surface area contributed by atoms with Crippen LogP contribution in [0.1, 0.15) is 22.8 Å². The van der Waals surface area contributed by atoms with Crippen molar-refractivity contribution >= 4 is 45.4 Å². The molecule has 78 heavy (non-hydrogen) atoms. The van der Waals surface area contributed by atoms with Crippen LogP contribution >= 0.6 is 0 Å². The average Bonchev–Trinajstić information content (AvgIpc) is 4.07. The van der Waals surface area contributed by atoms with E-state index >= 15 is 114 Å². The molecule has 2 aliphatic heterocycles. The number of benzene rings is 4. The molecule has 8 bridgehead atoms. The van der Waals surface area contributed by atoms with Gasteiger partial charge in [0.25, 0.3) is 0 Å². The molecule has 7 aromatic rings. The molecule has 2 aliphatic rings. The molecule has 0 radical (unpaired) electrons. The van der Waals surface area contributed by atoms with Crippen LogP contribution < -0.4 is 0 Å². The molecule has 9 rings (SSSR count). The van der Waals surface area contributed by atoms with Crippen LogP contribution in [0.15, 0.2) is 0 Å². The molecule has 0 saturated carbocycles. The lowest BCUT2D eigenvalue weighted by atomic mass is 9.90. The van der Waals surface area contributed by atoms with Crippen LogP contribution in [-0.2, 0) is 0 Å². The van der Waals surface area contributed by atoms with E-state index in [0.717, 1.165) is 0 Å². The Hall–Kier alpha value is -8.62. The van der Waals surface area contributed by atoms with Gasteiger partial charge in [0.2, 0.25) is 23.3 Å². The van der Waals surface area contributed by atoms with Gasteiger partial charge in [-0.1, -0.05) is 4.48 Å². The molecule has 0 aliphatic carbocycles. The Bertz CT molecular complexity index is 4150.